The summed E-state index contributed by atoms with van der Waals surface area (Å²) in [5, 5.41) is 9.05. The topological polar surface area (TPSA) is 74.7 Å². The number of nitrogens with zero attached hydrogens (tertiary/aromatic N) is 1. The van der Waals surface area contributed by atoms with Crippen LogP contribution in [0.5, 0.6) is 0 Å². The van der Waals surface area contributed by atoms with Gasteiger partial charge in [0.2, 0.25) is 0 Å². The lowest BCUT2D eigenvalue weighted by molar-refractivity contribution is 0.0697. The van der Waals surface area contributed by atoms with E-state index >= 15 is 0 Å². The molecule has 26 heavy (non-hydrogen) atoms. The van der Waals surface area contributed by atoms with E-state index in [1.54, 1.807) is 36.4 Å². The molecule has 0 saturated carbocycles. The highest BCUT2D eigenvalue weighted by Gasteiger charge is 2.24. The molecule has 2 aromatic rings. The van der Waals surface area contributed by atoms with Crippen molar-refractivity contribution in [2.75, 3.05) is 10.8 Å². The second-order valence-electron chi connectivity index (χ2n) is 6.30. The van der Waals surface area contributed by atoms with Gasteiger partial charge >= 0.3 is 5.97 Å². The summed E-state index contributed by atoms with van der Waals surface area (Å²) in [6.07, 6.45) is 3.82. The summed E-state index contributed by atoms with van der Waals surface area (Å²) in [5.74, 6) is -1.03. The Kier molecular flexibility index (Phi) is 6.80. The van der Waals surface area contributed by atoms with Gasteiger partial charge in [0.05, 0.1) is 16.1 Å². The lowest BCUT2D eigenvalue weighted by Crippen LogP contribution is -2.32. The summed E-state index contributed by atoms with van der Waals surface area (Å²) in [7, 11) is -3.71. The summed E-state index contributed by atoms with van der Waals surface area (Å²) in [5.41, 5.74) is 1.60. The number of hydrogen-bond donors (Lipinski definition) is 1. The van der Waals surface area contributed by atoms with Crippen LogP contribution >= 0.6 is 0 Å². The Morgan fingerprint density at radius 1 is 0.962 bits per heavy atom. The molecule has 0 heterocycles. The minimum atomic E-state index is -3.71. The molecule has 0 aliphatic carbocycles. The number of anilines is 1. The van der Waals surface area contributed by atoms with Crippen molar-refractivity contribution in [1.29, 1.82) is 0 Å². The highest BCUT2D eigenvalue weighted by Crippen LogP contribution is 2.25. The average Bonchev–Trinajstić information content (AvgIpc) is 2.62. The number of carbonyl (C=O) groups is 1. The zero-order chi connectivity index (χ0) is 19.2. The SMILES string of the molecule is CCCCCCN(c1ccc(C(=O)O)cc1)S(=O)(=O)c1ccc(C)cc1. The number of aryl methyl sites for hydroxylation is 1. The molecule has 2 aromatic carbocycles. The normalized spacial score (nSPS) is 11.3. The van der Waals surface area contributed by atoms with E-state index in [0.29, 0.717) is 12.2 Å². The molecule has 0 amide bonds. The smallest absolute Gasteiger partial charge is 0.335 e. The summed E-state index contributed by atoms with van der Waals surface area (Å²) in [6.45, 7) is 4.37. The van der Waals surface area contributed by atoms with Crippen molar-refractivity contribution in [1.82, 2.24) is 0 Å². The summed E-state index contributed by atoms with van der Waals surface area (Å²) in [6, 6.07) is 12.7. The van der Waals surface area contributed by atoms with Crippen molar-refractivity contribution < 1.29 is 18.3 Å². The van der Waals surface area contributed by atoms with Crippen LogP contribution in [-0.4, -0.2) is 26.0 Å². The van der Waals surface area contributed by atoms with Crippen LogP contribution in [-0.2, 0) is 10.0 Å². The Morgan fingerprint density at radius 3 is 2.12 bits per heavy atom. The first-order chi connectivity index (χ1) is 12.4. The van der Waals surface area contributed by atoms with E-state index in [9.17, 15) is 13.2 Å². The van der Waals surface area contributed by atoms with Gasteiger partial charge in [0.25, 0.3) is 10.0 Å². The van der Waals surface area contributed by atoms with Crippen molar-refractivity contribution in [3.05, 3.63) is 59.7 Å². The van der Waals surface area contributed by atoms with E-state index in [-0.39, 0.29) is 10.5 Å². The van der Waals surface area contributed by atoms with Crippen molar-refractivity contribution in [2.45, 2.75) is 44.4 Å². The minimum absolute atomic E-state index is 0.132. The van der Waals surface area contributed by atoms with Gasteiger partial charge in [-0.25, -0.2) is 13.2 Å². The van der Waals surface area contributed by atoms with Crippen LogP contribution in [0.4, 0.5) is 5.69 Å². The average molecular weight is 375 g/mol. The first kappa shape index (κ1) is 20.0. The summed E-state index contributed by atoms with van der Waals surface area (Å²) < 4.78 is 27.6. The van der Waals surface area contributed by atoms with Crippen LogP contribution < -0.4 is 4.31 Å². The lowest BCUT2D eigenvalue weighted by atomic mass is 10.2. The number of carboxylic acids is 1. The molecular formula is C20H25NO4S. The fourth-order valence-electron chi connectivity index (χ4n) is 2.68. The maximum Gasteiger partial charge on any atom is 0.335 e. The molecule has 2 rings (SSSR count). The first-order valence-corrected chi connectivity index (χ1v) is 10.2. The van der Waals surface area contributed by atoms with E-state index in [1.165, 1.54) is 16.4 Å². The van der Waals surface area contributed by atoms with Gasteiger partial charge in [-0.2, -0.15) is 0 Å². The van der Waals surface area contributed by atoms with Crippen LogP contribution in [0.15, 0.2) is 53.4 Å². The van der Waals surface area contributed by atoms with Gasteiger partial charge in [-0.1, -0.05) is 43.9 Å². The van der Waals surface area contributed by atoms with Crippen molar-refractivity contribution in [3.8, 4) is 0 Å². The van der Waals surface area contributed by atoms with Gasteiger partial charge in [-0.05, 0) is 49.7 Å². The zero-order valence-corrected chi connectivity index (χ0v) is 16.0. The van der Waals surface area contributed by atoms with Crippen molar-refractivity contribution in [2.24, 2.45) is 0 Å². The van der Waals surface area contributed by atoms with Crippen molar-refractivity contribution in [3.63, 3.8) is 0 Å². The summed E-state index contributed by atoms with van der Waals surface area (Å²) >= 11 is 0. The maximum atomic E-state index is 13.1. The Balaban J connectivity index is 2.36. The van der Waals surface area contributed by atoms with E-state index in [2.05, 4.69) is 6.92 Å². The molecule has 0 spiro atoms. The van der Waals surface area contributed by atoms with Gasteiger partial charge < -0.3 is 5.11 Å². The van der Waals surface area contributed by atoms with Crippen LogP contribution in [0, 0.1) is 6.92 Å². The van der Waals surface area contributed by atoms with Gasteiger partial charge in [0.1, 0.15) is 0 Å². The Labute approximate surface area is 155 Å². The molecule has 0 fully saturated rings. The van der Waals surface area contributed by atoms with Crippen LogP contribution in [0.1, 0.15) is 48.5 Å². The molecule has 5 nitrogen and oxygen atoms in total. The predicted octanol–water partition coefficient (Wildman–Crippen LogP) is 4.47. The molecule has 1 N–H and O–H groups in total. The summed E-state index contributed by atoms with van der Waals surface area (Å²) in [4.78, 5) is 11.3. The maximum absolute atomic E-state index is 13.1. The monoisotopic (exact) mass is 375 g/mol. The molecule has 6 heteroatoms. The first-order valence-electron chi connectivity index (χ1n) is 8.79. The number of carboxylic acid groups (broad SMARTS) is 1. The molecular weight excluding hydrogens is 350 g/mol. The molecule has 140 valence electrons. The number of rotatable bonds is 9. The fraction of sp³-hybridized carbons (Fsp3) is 0.350. The standard InChI is InChI=1S/C20H25NO4S/c1-3-4-5-6-15-21(18-11-9-17(10-12-18)20(22)23)26(24,25)19-13-7-16(2)8-14-19/h7-14H,3-6,15H2,1-2H3,(H,22,23). The number of hydrogen-bond acceptors (Lipinski definition) is 3. The molecule has 0 unspecified atom stereocenters. The molecule has 0 atom stereocenters. The Hall–Kier alpha value is -2.34. The molecule has 0 bridgehead atoms. The van der Waals surface area contributed by atoms with Crippen molar-refractivity contribution >= 4 is 21.7 Å². The highest BCUT2D eigenvalue weighted by molar-refractivity contribution is 7.92. The molecule has 0 aliphatic heterocycles. The third-order valence-electron chi connectivity index (χ3n) is 4.23. The van der Waals surface area contributed by atoms with Crippen LogP contribution in [0.25, 0.3) is 0 Å². The zero-order valence-electron chi connectivity index (χ0n) is 15.2. The van der Waals surface area contributed by atoms with E-state index in [4.69, 9.17) is 5.11 Å². The second kappa shape index (κ2) is 8.85. The number of aromatic carboxylic acids is 1. The van der Waals surface area contributed by atoms with Gasteiger partial charge in [-0.15, -0.1) is 0 Å². The van der Waals surface area contributed by atoms with E-state index in [1.807, 2.05) is 6.92 Å². The third-order valence-corrected chi connectivity index (χ3v) is 6.07. The number of benzene rings is 2. The quantitative estimate of drug-likeness (QED) is 0.656. The van der Waals surface area contributed by atoms with E-state index < -0.39 is 16.0 Å². The molecule has 0 radical (unpaired) electrons. The highest BCUT2D eigenvalue weighted by atomic mass is 32.2. The van der Waals surface area contributed by atoms with Crippen LogP contribution in [0.2, 0.25) is 0 Å². The minimum Gasteiger partial charge on any atom is -0.478 e. The van der Waals surface area contributed by atoms with Gasteiger partial charge in [0.15, 0.2) is 0 Å². The second-order valence-corrected chi connectivity index (χ2v) is 8.17. The lowest BCUT2D eigenvalue weighted by Gasteiger charge is -2.25. The molecule has 0 saturated heterocycles. The van der Waals surface area contributed by atoms with Gasteiger partial charge in [0, 0.05) is 6.54 Å². The Bertz CT molecular complexity index is 827. The van der Waals surface area contributed by atoms with Gasteiger partial charge in [-0.3, -0.25) is 4.31 Å². The molecule has 0 aliphatic rings. The largest absolute Gasteiger partial charge is 0.478 e. The Morgan fingerprint density at radius 2 is 1.58 bits per heavy atom. The molecule has 0 aromatic heterocycles. The fourth-order valence-corrected chi connectivity index (χ4v) is 4.18. The number of sulfonamides is 1. The van der Waals surface area contributed by atoms with Crippen LogP contribution in [0.3, 0.4) is 0 Å². The number of unbranched alkanes of at least 4 members (excludes halogenated alkanes) is 3. The predicted molar refractivity (Wildman–Crippen MR) is 103 cm³/mol. The van der Waals surface area contributed by atoms with E-state index in [0.717, 1.165) is 31.2 Å². The third kappa shape index (κ3) is 4.85.